The summed E-state index contributed by atoms with van der Waals surface area (Å²) in [4.78, 5) is 35.9. The average molecular weight is 414 g/mol. The Morgan fingerprint density at radius 2 is 1.77 bits per heavy atom. The van der Waals surface area contributed by atoms with Crippen molar-refractivity contribution in [1.29, 1.82) is 0 Å². The van der Waals surface area contributed by atoms with E-state index >= 15 is 0 Å². The maximum Gasteiger partial charge on any atom is 0.419 e. The number of carbonyl (C=O) groups is 2. The van der Waals surface area contributed by atoms with Gasteiger partial charge in [-0.05, 0) is 18.6 Å². The number of aromatic nitrogens is 1. The summed E-state index contributed by atoms with van der Waals surface area (Å²) in [5, 5.41) is 2.62. The van der Waals surface area contributed by atoms with Gasteiger partial charge in [0.05, 0.1) is 19.7 Å². The third kappa shape index (κ3) is 5.19. The fourth-order valence-electron chi connectivity index (χ4n) is 2.90. The number of ether oxygens (including phenoxy) is 3. The van der Waals surface area contributed by atoms with Gasteiger partial charge >= 0.3 is 11.7 Å². The molecule has 0 saturated heterocycles. The minimum Gasteiger partial charge on any atom is -0.497 e. The monoisotopic (exact) mass is 414 g/mol. The van der Waals surface area contributed by atoms with E-state index in [-0.39, 0.29) is 6.42 Å². The predicted molar refractivity (Wildman–Crippen MR) is 109 cm³/mol. The molecule has 9 heteroatoms. The van der Waals surface area contributed by atoms with E-state index in [2.05, 4.69) is 5.32 Å². The lowest BCUT2D eigenvalue weighted by Crippen LogP contribution is -2.21. The van der Waals surface area contributed by atoms with E-state index in [9.17, 15) is 14.4 Å². The van der Waals surface area contributed by atoms with Gasteiger partial charge in [-0.15, -0.1) is 0 Å². The highest BCUT2D eigenvalue weighted by Gasteiger charge is 2.12. The van der Waals surface area contributed by atoms with Crippen LogP contribution < -0.4 is 20.5 Å². The molecule has 9 nitrogen and oxygen atoms in total. The number of carbonyl (C=O) groups excluding carboxylic acids is 2. The van der Waals surface area contributed by atoms with Crippen molar-refractivity contribution >= 4 is 28.7 Å². The molecule has 0 atom stereocenters. The molecule has 0 spiro atoms. The van der Waals surface area contributed by atoms with Crippen molar-refractivity contribution in [3.8, 4) is 11.5 Å². The van der Waals surface area contributed by atoms with E-state index in [1.807, 2.05) is 0 Å². The lowest BCUT2D eigenvalue weighted by molar-refractivity contribution is -0.147. The summed E-state index contributed by atoms with van der Waals surface area (Å²) in [5.41, 5.74) is 1.62. The van der Waals surface area contributed by atoms with Crippen LogP contribution in [0.4, 0.5) is 5.69 Å². The Kier molecular flexibility index (Phi) is 6.74. The number of oxazole rings is 1. The van der Waals surface area contributed by atoms with Gasteiger partial charge in [0.2, 0.25) is 0 Å². The Labute approximate surface area is 172 Å². The van der Waals surface area contributed by atoms with E-state index in [0.29, 0.717) is 41.3 Å². The van der Waals surface area contributed by atoms with Gasteiger partial charge in [-0.25, -0.2) is 4.79 Å². The SMILES string of the molecule is COc1cc(NC(=O)COC(=O)CCCn2c(=O)oc3ccccc32)cc(OC)c1. The number of rotatable bonds is 9. The number of esters is 1. The number of nitrogens with one attached hydrogen (secondary N) is 1. The highest BCUT2D eigenvalue weighted by molar-refractivity contribution is 5.93. The van der Waals surface area contributed by atoms with Crippen LogP contribution in [-0.4, -0.2) is 37.3 Å². The van der Waals surface area contributed by atoms with E-state index in [1.54, 1.807) is 42.5 Å². The van der Waals surface area contributed by atoms with Crippen molar-refractivity contribution in [2.75, 3.05) is 26.1 Å². The fourth-order valence-corrected chi connectivity index (χ4v) is 2.90. The molecule has 1 amide bonds. The molecule has 1 N–H and O–H groups in total. The smallest absolute Gasteiger partial charge is 0.419 e. The maximum atomic E-state index is 12.0. The minimum atomic E-state index is -0.533. The summed E-state index contributed by atoms with van der Waals surface area (Å²) in [6, 6.07) is 12.0. The Morgan fingerprint density at radius 3 is 2.47 bits per heavy atom. The zero-order chi connectivity index (χ0) is 21.5. The summed E-state index contributed by atoms with van der Waals surface area (Å²) < 4.78 is 21.9. The first-order valence-electron chi connectivity index (χ1n) is 9.27. The van der Waals surface area contributed by atoms with Gasteiger partial charge in [0, 0.05) is 36.9 Å². The normalized spacial score (nSPS) is 10.6. The van der Waals surface area contributed by atoms with Crippen molar-refractivity contribution in [2.45, 2.75) is 19.4 Å². The molecule has 0 aliphatic heterocycles. The third-order valence-electron chi connectivity index (χ3n) is 4.34. The van der Waals surface area contributed by atoms with Gasteiger partial charge in [0.1, 0.15) is 11.5 Å². The Hall–Kier alpha value is -3.75. The largest absolute Gasteiger partial charge is 0.497 e. The molecule has 0 saturated carbocycles. The molecule has 0 bridgehead atoms. The molecule has 158 valence electrons. The molecule has 1 aromatic heterocycles. The van der Waals surface area contributed by atoms with E-state index in [0.717, 1.165) is 0 Å². The van der Waals surface area contributed by atoms with Crippen LogP contribution in [-0.2, 0) is 20.9 Å². The van der Waals surface area contributed by atoms with Crippen LogP contribution in [0.1, 0.15) is 12.8 Å². The number of anilines is 1. The summed E-state index contributed by atoms with van der Waals surface area (Å²) in [6.45, 7) is -0.117. The molecule has 1 heterocycles. The van der Waals surface area contributed by atoms with Crippen LogP contribution in [0.3, 0.4) is 0 Å². The number of amides is 1. The summed E-state index contributed by atoms with van der Waals surface area (Å²) >= 11 is 0. The lowest BCUT2D eigenvalue weighted by Gasteiger charge is -2.10. The van der Waals surface area contributed by atoms with E-state index in [1.165, 1.54) is 18.8 Å². The third-order valence-corrected chi connectivity index (χ3v) is 4.34. The van der Waals surface area contributed by atoms with Crippen molar-refractivity contribution in [3.63, 3.8) is 0 Å². The van der Waals surface area contributed by atoms with Crippen LogP contribution in [0.25, 0.3) is 11.1 Å². The highest BCUT2D eigenvalue weighted by atomic mass is 16.5. The Balaban J connectivity index is 1.46. The number of benzene rings is 2. The van der Waals surface area contributed by atoms with Crippen molar-refractivity contribution in [2.24, 2.45) is 0 Å². The van der Waals surface area contributed by atoms with E-state index < -0.39 is 24.2 Å². The van der Waals surface area contributed by atoms with Crippen LogP contribution in [0.2, 0.25) is 0 Å². The molecular formula is C21H22N2O7. The van der Waals surface area contributed by atoms with Gasteiger partial charge in [-0.1, -0.05) is 12.1 Å². The molecular weight excluding hydrogens is 392 g/mol. The number of para-hydroxylation sites is 2. The van der Waals surface area contributed by atoms with Crippen LogP contribution in [0.5, 0.6) is 11.5 Å². The van der Waals surface area contributed by atoms with Crippen LogP contribution in [0, 0.1) is 0 Å². The minimum absolute atomic E-state index is 0.0617. The van der Waals surface area contributed by atoms with Gasteiger partial charge in [-0.3, -0.25) is 14.2 Å². The topological polar surface area (TPSA) is 109 Å². The number of hydrogen-bond acceptors (Lipinski definition) is 7. The van der Waals surface area contributed by atoms with Crippen molar-refractivity contribution in [3.05, 3.63) is 53.0 Å². The number of hydrogen-bond donors (Lipinski definition) is 1. The second-order valence-corrected chi connectivity index (χ2v) is 6.40. The molecule has 3 rings (SSSR count). The Morgan fingerprint density at radius 1 is 1.07 bits per heavy atom. The zero-order valence-corrected chi connectivity index (χ0v) is 16.7. The molecule has 0 unspecified atom stereocenters. The summed E-state index contributed by atoms with van der Waals surface area (Å²) in [6.07, 6.45) is 0.434. The first-order valence-corrected chi connectivity index (χ1v) is 9.27. The lowest BCUT2D eigenvalue weighted by atomic mass is 10.2. The number of aryl methyl sites for hydroxylation is 1. The molecule has 0 aliphatic carbocycles. The second-order valence-electron chi connectivity index (χ2n) is 6.40. The first kappa shape index (κ1) is 21.0. The number of methoxy groups -OCH3 is 2. The van der Waals surface area contributed by atoms with Gasteiger partial charge < -0.3 is 23.9 Å². The molecule has 2 aromatic carbocycles. The van der Waals surface area contributed by atoms with Crippen LogP contribution >= 0.6 is 0 Å². The molecule has 0 aliphatic rings. The summed E-state index contributed by atoms with van der Waals surface area (Å²) in [5.74, 6) is -0.463. The zero-order valence-electron chi connectivity index (χ0n) is 16.7. The quantitative estimate of drug-likeness (QED) is 0.536. The van der Waals surface area contributed by atoms with E-state index in [4.69, 9.17) is 18.6 Å². The highest BCUT2D eigenvalue weighted by Crippen LogP contribution is 2.25. The fraction of sp³-hybridized carbons (Fsp3) is 0.286. The summed E-state index contributed by atoms with van der Waals surface area (Å²) in [7, 11) is 3.01. The molecule has 0 fully saturated rings. The number of nitrogens with zero attached hydrogens (tertiary/aromatic N) is 1. The van der Waals surface area contributed by atoms with Gasteiger partial charge in [-0.2, -0.15) is 0 Å². The van der Waals surface area contributed by atoms with Crippen molar-refractivity contribution < 1.29 is 28.2 Å². The average Bonchev–Trinajstić information content (AvgIpc) is 3.07. The van der Waals surface area contributed by atoms with Crippen molar-refractivity contribution in [1.82, 2.24) is 4.57 Å². The predicted octanol–water partition coefficient (Wildman–Crippen LogP) is 2.57. The van der Waals surface area contributed by atoms with Crippen LogP contribution in [0.15, 0.2) is 51.7 Å². The standard InChI is InChI=1S/C21H22N2O7/c1-27-15-10-14(11-16(12-15)28-2)22-19(24)13-29-20(25)8-5-9-23-17-6-3-4-7-18(17)30-21(23)26/h3-4,6-7,10-12H,5,8-9,13H2,1-2H3,(H,22,24). The molecule has 3 aromatic rings. The second kappa shape index (κ2) is 9.64. The Bertz CT molecular complexity index is 1080. The van der Waals surface area contributed by atoms with Gasteiger partial charge in [0.25, 0.3) is 5.91 Å². The number of fused-ring (bicyclic) bond motifs is 1. The molecule has 30 heavy (non-hydrogen) atoms. The maximum absolute atomic E-state index is 12.0. The first-order chi connectivity index (χ1) is 14.5. The molecule has 0 radical (unpaired) electrons. The van der Waals surface area contributed by atoms with Gasteiger partial charge in [0.15, 0.2) is 12.2 Å².